The van der Waals surface area contributed by atoms with Crippen LogP contribution in [0.4, 0.5) is 10.5 Å². The van der Waals surface area contributed by atoms with Crippen molar-refractivity contribution in [2.45, 2.75) is 71.0 Å². The molecule has 2 N–H and O–H groups in total. The van der Waals surface area contributed by atoms with Gasteiger partial charge in [0.2, 0.25) is 5.78 Å². The lowest BCUT2D eigenvalue weighted by Crippen LogP contribution is -2.52. The first-order valence-corrected chi connectivity index (χ1v) is 16.4. The normalized spacial score (nSPS) is 15.2. The highest BCUT2D eigenvalue weighted by Crippen LogP contribution is 2.28. The van der Waals surface area contributed by atoms with E-state index in [-0.39, 0.29) is 39.4 Å². The number of benzene rings is 2. The SMILES string of the molecule is CCCCCCCCNC(=O)c1ccc(NC(=O)C(C(=O)c2nc(C=O)cs2)N2C(=O)C(C)N(Cc3ccccc3)C2=O)c(Cl)c1. The van der Waals surface area contributed by atoms with Crippen molar-refractivity contribution in [3.63, 3.8) is 0 Å². The maximum absolute atomic E-state index is 13.8. The molecule has 0 radical (unpaired) electrons. The van der Waals surface area contributed by atoms with Gasteiger partial charge in [-0.3, -0.25) is 24.0 Å². The van der Waals surface area contributed by atoms with Crippen molar-refractivity contribution in [2.24, 2.45) is 0 Å². The van der Waals surface area contributed by atoms with Crippen LogP contribution in [0.15, 0.2) is 53.9 Å². The molecule has 2 atom stereocenters. The Morgan fingerprint density at radius 1 is 1.04 bits per heavy atom. The summed E-state index contributed by atoms with van der Waals surface area (Å²) in [4.78, 5) is 84.3. The molecule has 2 aromatic carbocycles. The fourth-order valence-electron chi connectivity index (χ4n) is 5.05. The molecule has 2 unspecified atom stereocenters. The van der Waals surface area contributed by atoms with E-state index < -0.39 is 35.7 Å². The van der Waals surface area contributed by atoms with Crippen molar-refractivity contribution < 1.29 is 28.8 Å². The lowest BCUT2D eigenvalue weighted by atomic mass is 10.1. The zero-order valence-electron chi connectivity index (χ0n) is 25.7. The Labute approximate surface area is 276 Å². The number of urea groups is 1. The second kappa shape index (κ2) is 16.2. The minimum Gasteiger partial charge on any atom is -0.352 e. The third-order valence-corrected chi connectivity index (χ3v) is 8.81. The van der Waals surface area contributed by atoms with Gasteiger partial charge in [-0.15, -0.1) is 11.3 Å². The van der Waals surface area contributed by atoms with Crippen LogP contribution in [0.1, 0.15) is 88.6 Å². The van der Waals surface area contributed by atoms with Gasteiger partial charge >= 0.3 is 6.03 Å². The minimum absolute atomic E-state index is 0.0161. The Hall–Kier alpha value is -4.42. The molecule has 5 amide bonds. The van der Waals surface area contributed by atoms with E-state index in [9.17, 15) is 28.8 Å². The van der Waals surface area contributed by atoms with Gasteiger partial charge in [0.05, 0.1) is 10.7 Å². The number of nitrogens with one attached hydrogen (secondary N) is 2. The highest BCUT2D eigenvalue weighted by molar-refractivity contribution is 7.12. The number of Topliss-reactive ketones (excluding diaryl/α,β-unsaturated/α-hetero) is 1. The van der Waals surface area contributed by atoms with Gasteiger partial charge in [0.1, 0.15) is 11.7 Å². The first kappa shape index (κ1) is 34.5. The van der Waals surface area contributed by atoms with Gasteiger partial charge in [-0.05, 0) is 37.1 Å². The molecule has 1 aliphatic rings. The Morgan fingerprint density at radius 2 is 1.76 bits per heavy atom. The summed E-state index contributed by atoms with van der Waals surface area (Å²) in [7, 11) is 0. The standard InChI is InChI=1S/C33H36ClN5O6S/c1-3-4-5-6-7-11-16-35-29(42)23-14-15-26(25(34)17-23)37-30(43)27(28(41)31-36-24(19-40)20-46-31)39-32(44)21(2)38(33(39)45)18-22-12-9-8-10-13-22/h8-10,12-15,17,19-21,27H,3-7,11,16,18H2,1-2H3,(H,35,42)(H,37,43). The Kier molecular flexibility index (Phi) is 12.2. The van der Waals surface area contributed by atoms with Crippen LogP contribution < -0.4 is 10.6 Å². The van der Waals surface area contributed by atoms with E-state index in [1.165, 1.54) is 54.7 Å². The van der Waals surface area contributed by atoms with Crippen molar-refractivity contribution >= 4 is 64.4 Å². The quantitative estimate of drug-likeness (QED) is 0.0652. The van der Waals surface area contributed by atoms with E-state index >= 15 is 0 Å². The maximum atomic E-state index is 13.8. The number of imide groups is 1. The van der Waals surface area contributed by atoms with E-state index in [1.807, 2.05) is 6.07 Å². The van der Waals surface area contributed by atoms with Crippen LogP contribution >= 0.6 is 22.9 Å². The molecular formula is C33H36ClN5O6S. The second-order valence-electron chi connectivity index (χ2n) is 10.9. The zero-order valence-corrected chi connectivity index (χ0v) is 27.2. The molecule has 1 aliphatic heterocycles. The van der Waals surface area contributed by atoms with Crippen LogP contribution in [-0.4, -0.2) is 69.2 Å². The number of halogens is 1. The molecule has 242 valence electrons. The number of nitrogens with zero attached hydrogens (tertiary/aromatic N) is 3. The molecule has 1 fully saturated rings. The first-order valence-electron chi connectivity index (χ1n) is 15.2. The highest BCUT2D eigenvalue weighted by atomic mass is 35.5. The van der Waals surface area contributed by atoms with Gasteiger partial charge in [-0.1, -0.05) is 81.0 Å². The summed E-state index contributed by atoms with van der Waals surface area (Å²) in [5, 5.41) is 6.53. The van der Waals surface area contributed by atoms with Crippen LogP contribution in [0.3, 0.4) is 0 Å². The molecule has 3 aromatic rings. The number of unbranched alkanes of at least 4 members (excludes halogenated alkanes) is 5. The van der Waals surface area contributed by atoms with Crippen molar-refractivity contribution in [1.82, 2.24) is 20.1 Å². The summed E-state index contributed by atoms with van der Waals surface area (Å²) in [6.07, 6.45) is 6.99. The molecule has 2 heterocycles. The molecule has 4 rings (SSSR count). The van der Waals surface area contributed by atoms with Crippen LogP contribution in [-0.2, 0) is 16.1 Å². The van der Waals surface area contributed by atoms with E-state index in [0.29, 0.717) is 17.7 Å². The van der Waals surface area contributed by atoms with Crippen LogP contribution in [0, 0.1) is 0 Å². The molecule has 1 aromatic heterocycles. The summed E-state index contributed by atoms with van der Waals surface area (Å²) >= 11 is 7.26. The maximum Gasteiger partial charge on any atom is 0.328 e. The number of anilines is 1. The zero-order chi connectivity index (χ0) is 33.2. The summed E-state index contributed by atoms with van der Waals surface area (Å²) in [5.41, 5.74) is 1.07. The fraction of sp³-hybridized carbons (Fsp3) is 0.364. The predicted octanol–water partition coefficient (Wildman–Crippen LogP) is 5.74. The van der Waals surface area contributed by atoms with E-state index in [0.717, 1.165) is 36.2 Å². The predicted molar refractivity (Wildman–Crippen MR) is 175 cm³/mol. The number of carbonyl (C=O) groups excluding carboxylic acids is 6. The van der Waals surface area contributed by atoms with Crippen molar-refractivity contribution in [3.8, 4) is 0 Å². The van der Waals surface area contributed by atoms with Crippen LogP contribution in [0.5, 0.6) is 0 Å². The van der Waals surface area contributed by atoms with Gasteiger partial charge in [0.15, 0.2) is 17.3 Å². The van der Waals surface area contributed by atoms with Crippen LogP contribution in [0.2, 0.25) is 5.02 Å². The third kappa shape index (κ3) is 8.24. The Bertz CT molecular complexity index is 1600. The molecule has 46 heavy (non-hydrogen) atoms. The topological polar surface area (TPSA) is 146 Å². The minimum atomic E-state index is -1.94. The lowest BCUT2D eigenvalue weighted by Gasteiger charge is -2.24. The van der Waals surface area contributed by atoms with Crippen LogP contribution in [0.25, 0.3) is 0 Å². The molecule has 0 aliphatic carbocycles. The number of ketones is 1. The number of amides is 5. The molecule has 0 saturated carbocycles. The van der Waals surface area contributed by atoms with Crippen molar-refractivity contribution in [2.75, 3.05) is 11.9 Å². The summed E-state index contributed by atoms with van der Waals surface area (Å²) < 4.78 is 0. The summed E-state index contributed by atoms with van der Waals surface area (Å²) in [6.45, 7) is 4.27. The largest absolute Gasteiger partial charge is 0.352 e. The fourth-order valence-corrected chi connectivity index (χ4v) is 6.00. The Morgan fingerprint density at radius 3 is 2.43 bits per heavy atom. The average Bonchev–Trinajstić information content (AvgIpc) is 3.62. The Balaban J connectivity index is 1.52. The number of thiazole rings is 1. The molecular weight excluding hydrogens is 630 g/mol. The monoisotopic (exact) mass is 665 g/mol. The van der Waals surface area contributed by atoms with Gasteiger partial charge in [0.25, 0.3) is 17.7 Å². The molecule has 11 nitrogen and oxygen atoms in total. The molecule has 1 saturated heterocycles. The smallest absolute Gasteiger partial charge is 0.328 e. The number of aldehydes is 1. The highest BCUT2D eigenvalue weighted by Gasteiger charge is 2.51. The number of hydrogen-bond acceptors (Lipinski definition) is 8. The second-order valence-corrected chi connectivity index (χ2v) is 12.2. The van der Waals surface area contributed by atoms with Gasteiger partial charge in [-0.25, -0.2) is 14.7 Å². The molecule has 0 bridgehead atoms. The van der Waals surface area contributed by atoms with E-state index in [1.54, 1.807) is 24.3 Å². The molecule has 13 heteroatoms. The van der Waals surface area contributed by atoms with E-state index in [4.69, 9.17) is 11.6 Å². The van der Waals surface area contributed by atoms with Gasteiger partial charge in [-0.2, -0.15) is 0 Å². The van der Waals surface area contributed by atoms with Gasteiger partial charge < -0.3 is 15.5 Å². The molecule has 0 spiro atoms. The van der Waals surface area contributed by atoms with Crippen molar-refractivity contribution in [3.05, 3.63) is 80.8 Å². The summed E-state index contributed by atoms with van der Waals surface area (Å²) in [5.74, 6) is -3.01. The number of rotatable bonds is 16. The summed E-state index contributed by atoms with van der Waals surface area (Å²) in [6, 6.07) is 9.53. The third-order valence-electron chi connectivity index (χ3n) is 7.62. The van der Waals surface area contributed by atoms with E-state index in [2.05, 4.69) is 22.5 Å². The number of carbonyl (C=O) groups is 6. The van der Waals surface area contributed by atoms with Gasteiger partial charge in [0, 0.05) is 24.0 Å². The van der Waals surface area contributed by atoms with Crippen molar-refractivity contribution in [1.29, 1.82) is 0 Å². The average molecular weight is 666 g/mol. The number of aromatic nitrogens is 1. The lowest BCUT2D eigenvalue weighted by molar-refractivity contribution is -0.133. The number of hydrogen-bond donors (Lipinski definition) is 2. The first-order chi connectivity index (χ1) is 22.2.